The van der Waals surface area contributed by atoms with Crippen molar-refractivity contribution in [3.63, 3.8) is 0 Å². The number of hydrogen-bond acceptors (Lipinski definition) is 2. The van der Waals surface area contributed by atoms with Gasteiger partial charge < -0.3 is 5.32 Å². The molecule has 5 heteroatoms. The molecule has 0 fully saturated rings. The fourth-order valence-electron chi connectivity index (χ4n) is 2.57. The molecule has 4 nitrogen and oxygen atoms in total. The first-order chi connectivity index (χ1) is 11.5. The summed E-state index contributed by atoms with van der Waals surface area (Å²) in [6, 6.07) is 15.4. The molecule has 1 heterocycles. The van der Waals surface area contributed by atoms with Crippen LogP contribution in [0.2, 0.25) is 0 Å². The average Bonchev–Trinajstić information content (AvgIpc) is 2.85. The molecule has 122 valence electrons. The fraction of sp³-hybridized carbons (Fsp3) is 0.158. The Morgan fingerprint density at radius 2 is 1.75 bits per heavy atom. The lowest BCUT2D eigenvalue weighted by Crippen LogP contribution is -2.13. The molecule has 2 aromatic carbocycles. The monoisotopic (exact) mass is 323 g/mol. The van der Waals surface area contributed by atoms with Crippen LogP contribution in [0.5, 0.6) is 0 Å². The van der Waals surface area contributed by atoms with E-state index in [0.29, 0.717) is 17.8 Å². The summed E-state index contributed by atoms with van der Waals surface area (Å²) in [5.41, 5.74) is 3.87. The standard InChI is InChI=1S/C19H18FN3O/c1-13-18(21-19(24)16-6-4-3-5-7-16)14(2)23(22-13)12-15-8-10-17(20)11-9-15/h3-11H,12H2,1-2H3,(H,21,24). The van der Waals surface area contributed by atoms with Crippen LogP contribution in [-0.2, 0) is 6.54 Å². The first kappa shape index (κ1) is 15.9. The zero-order valence-electron chi connectivity index (χ0n) is 13.6. The van der Waals surface area contributed by atoms with Crippen molar-refractivity contribution in [3.8, 4) is 0 Å². The van der Waals surface area contributed by atoms with Gasteiger partial charge in [0.1, 0.15) is 5.82 Å². The number of anilines is 1. The van der Waals surface area contributed by atoms with Crippen molar-refractivity contribution in [1.29, 1.82) is 0 Å². The van der Waals surface area contributed by atoms with Crippen LogP contribution < -0.4 is 5.32 Å². The van der Waals surface area contributed by atoms with Crippen molar-refractivity contribution >= 4 is 11.6 Å². The molecule has 3 aromatic rings. The highest BCUT2D eigenvalue weighted by Gasteiger charge is 2.15. The van der Waals surface area contributed by atoms with Gasteiger partial charge in [0, 0.05) is 5.56 Å². The van der Waals surface area contributed by atoms with Crippen LogP contribution in [-0.4, -0.2) is 15.7 Å². The number of aromatic nitrogens is 2. The van der Waals surface area contributed by atoms with Gasteiger partial charge in [-0.05, 0) is 43.7 Å². The number of benzene rings is 2. The van der Waals surface area contributed by atoms with Gasteiger partial charge in [0.15, 0.2) is 0 Å². The van der Waals surface area contributed by atoms with Crippen LogP contribution in [0.15, 0.2) is 54.6 Å². The second kappa shape index (κ2) is 6.66. The maximum atomic E-state index is 13.0. The number of carbonyl (C=O) groups is 1. The van der Waals surface area contributed by atoms with E-state index in [2.05, 4.69) is 10.4 Å². The minimum Gasteiger partial charge on any atom is -0.319 e. The highest BCUT2D eigenvalue weighted by Crippen LogP contribution is 2.21. The lowest BCUT2D eigenvalue weighted by atomic mass is 10.2. The van der Waals surface area contributed by atoms with Crippen molar-refractivity contribution in [3.05, 3.63) is 82.9 Å². The van der Waals surface area contributed by atoms with Crippen LogP contribution in [0.1, 0.15) is 27.3 Å². The van der Waals surface area contributed by atoms with Gasteiger partial charge in [-0.2, -0.15) is 5.10 Å². The molecule has 0 aliphatic rings. The molecule has 3 rings (SSSR count). The summed E-state index contributed by atoms with van der Waals surface area (Å²) in [5, 5.41) is 7.41. The fourth-order valence-corrected chi connectivity index (χ4v) is 2.57. The Morgan fingerprint density at radius 3 is 2.42 bits per heavy atom. The number of nitrogens with zero attached hydrogens (tertiary/aromatic N) is 2. The summed E-state index contributed by atoms with van der Waals surface area (Å²) in [7, 11) is 0. The molecule has 24 heavy (non-hydrogen) atoms. The summed E-state index contributed by atoms with van der Waals surface area (Å²) in [5.74, 6) is -0.425. The van der Waals surface area contributed by atoms with E-state index in [-0.39, 0.29) is 11.7 Å². The first-order valence-electron chi connectivity index (χ1n) is 7.69. The van der Waals surface area contributed by atoms with Gasteiger partial charge in [-0.25, -0.2) is 4.39 Å². The number of nitrogens with one attached hydrogen (secondary N) is 1. The number of aryl methyl sites for hydroxylation is 1. The minimum atomic E-state index is -0.261. The number of amides is 1. The average molecular weight is 323 g/mol. The summed E-state index contributed by atoms with van der Waals surface area (Å²) >= 11 is 0. The SMILES string of the molecule is Cc1nn(Cc2ccc(F)cc2)c(C)c1NC(=O)c1ccccc1. The van der Waals surface area contributed by atoms with Gasteiger partial charge in [-0.1, -0.05) is 30.3 Å². The highest BCUT2D eigenvalue weighted by atomic mass is 19.1. The van der Waals surface area contributed by atoms with Crippen LogP contribution in [0.25, 0.3) is 0 Å². The molecule has 0 aliphatic heterocycles. The molecule has 0 radical (unpaired) electrons. The Hall–Kier alpha value is -2.95. The van der Waals surface area contributed by atoms with Crippen molar-refractivity contribution in [2.45, 2.75) is 20.4 Å². The maximum Gasteiger partial charge on any atom is 0.255 e. The molecular formula is C19H18FN3O. The van der Waals surface area contributed by atoms with E-state index in [1.54, 1.807) is 24.3 Å². The van der Waals surface area contributed by atoms with Gasteiger partial charge in [-0.15, -0.1) is 0 Å². The van der Waals surface area contributed by atoms with E-state index >= 15 is 0 Å². The molecule has 1 N–H and O–H groups in total. The highest BCUT2D eigenvalue weighted by molar-refractivity contribution is 6.04. The second-order valence-electron chi connectivity index (χ2n) is 5.65. The van der Waals surface area contributed by atoms with E-state index in [9.17, 15) is 9.18 Å². The molecule has 0 aliphatic carbocycles. The zero-order valence-corrected chi connectivity index (χ0v) is 13.6. The molecule has 0 saturated heterocycles. The molecule has 1 aromatic heterocycles. The van der Waals surface area contributed by atoms with Gasteiger partial charge in [0.25, 0.3) is 5.91 Å². The Kier molecular flexibility index (Phi) is 4.42. The quantitative estimate of drug-likeness (QED) is 0.790. The third-order valence-corrected chi connectivity index (χ3v) is 3.90. The topological polar surface area (TPSA) is 46.9 Å². The molecule has 0 spiro atoms. The van der Waals surface area contributed by atoms with E-state index < -0.39 is 0 Å². The van der Waals surface area contributed by atoms with Gasteiger partial charge in [-0.3, -0.25) is 9.48 Å². The Morgan fingerprint density at radius 1 is 1.08 bits per heavy atom. The summed E-state index contributed by atoms with van der Waals surface area (Å²) in [6.07, 6.45) is 0. The lowest BCUT2D eigenvalue weighted by Gasteiger charge is -2.07. The van der Waals surface area contributed by atoms with Gasteiger partial charge in [0.05, 0.1) is 23.6 Å². The first-order valence-corrected chi connectivity index (χ1v) is 7.69. The van der Waals surface area contributed by atoms with E-state index in [4.69, 9.17) is 0 Å². The molecule has 1 amide bonds. The van der Waals surface area contributed by atoms with Gasteiger partial charge >= 0.3 is 0 Å². The van der Waals surface area contributed by atoms with Crippen LogP contribution in [0, 0.1) is 19.7 Å². The summed E-state index contributed by atoms with van der Waals surface area (Å²) in [6.45, 7) is 4.28. The van der Waals surface area contributed by atoms with E-state index in [1.807, 2.05) is 36.7 Å². The minimum absolute atomic E-state index is 0.164. The third-order valence-electron chi connectivity index (χ3n) is 3.90. The molecule has 0 unspecified atom stereocenters. The van der Waals surface area contributed by atoms with Crippen molar-refractivity contribution < 1.29 is 9.18 Å². The van der Waals surface area contributed by atoms with Gasteiger partial charge in [0.2, 0.25) is 0 Å². The van der Waals surface area contributed by atoms with Crippen LogP contribution >= 0.6 is 0 Å². The summed E-state index contributed by atoms with van der Waals surface area (Å²) in [4.78, 5) is 12.3. The van der Waals surface area contributed by atoms with E-state index in [1.165, 1.54) is 12.1 Å². The number of carbonyl (C=O) groups excluding carboxylic acids is 1. The Bertz CT molecular complexity index is 854. The predicted octanol–water partition coefficient (Wildman–Crippen LogP) is 3.94. The largest absolute Gasteiger partial charge is 0.319 e. The zero-order chi connectivity index (χ0) is 17.1. The van der Waals surface area contributed by atoms with Crippen LogP contribution in [0.4, 0.5) is 10.1 Å². The number of hydrogen-bond donors (Lipinski definition) is 1. The van der Waals surface area contributed by atoms with Crippen molar-refractivity contribution in [2.75, 3.05) is 5.32 Å². The Balaban J connectivity index is 1.81. The Labute approximate surface area is 139 Å². The second-order valence-corrected chi connectivity index (χ2v) is 5.65. The predicted molar refractivity (Wildman–Crippen MR) is 91.6 cm³/mol. The maximum absolute atomic E-state index is 13.0. The molecule has 0 bridgehead atoms. The van der Waals surface area contributed by atoms with Crippen molar-refractivity contribution in [1.82, 2.24) is 9.78 Å². The smallest absolute Gasteiger partial charge is 0.255 e. The van der Waals surface area contributed by atoms with E-state index in [0.717, 1.165) is 17.0 Å². The number of rotatable bonds is 4. The molecule has 0 atom stereocenters. The summed E-state index contributed by atoms with van der Waals surface area (Å²) < 4.78 is 14.8. The lowest BCUT2D eigenvalue weighted by molar-refractivity contribution is 0.102. The normalized spacial score (nSPS) is 10.6. The third kappa shape index (κ3) is 3.35. The molecule has 0 saturated carbocycles. The molecular weight excluding hydrogens is 305 g/mol. The van der Waals surface area contributed by atoms with Crippen molar-refractivity contribution in [2.24, 2.45) is 0 Å². The van der Waals surface area contributed by atoms with Crippen LogP contribution in [0.3, 0.4) is 0 Å². The number of halogens is 1.